The predicted molar refractivity (Wildman–Crippen MR) is 139 cm³/mol. The third kappa shape index (κ3) is 4.08. The van der Waals surface area contributed by atoms with Crippen molar-refractivity contribution in [2.75, 3.05) is 38.8 Å². The predicted octanol–water partition coefficient (Wildman–Crippen LogP) is 5.13. The summed E-state index contributed by atoms with van der Waals surface area (Å²) >= 11 is 0. The van der Waals surface area contributed by atoms with Crippen molar-refractivity contribution in [3.8, 4) is 17.6 Å². The van der Waals surface area contributed by atoms with Crippen LogP contribution >= 0.6 is 0 Å². The van der Waals surface area contributed by atoms with Crippen LogP contribution < -0.4 is 14.4 Å². The zero-order chi connectivity index (χ0) is 24.6. The topological polar surface area (TPSA) is 74.8 Å². The minimum Gasteiger partial charge on any atom is -0.493 e. The highest BCUT2D eigenvalue weighted by Crippen LogP contribution is 2.46. The molecule has 36 heavy (non-hydrogen) atoms. The van der Waals surface area contributed by atoms with Crippen LogP contribution in [-0.2, 0) is 0 Å². The Morgan fingerprint density at radius 1 is 1.11 bits per heavy atom. The van der Waals surface area contributed by atoms with Gasteiger partial charge >= 0.3 is 0 Å². The SMILES string of the molecule is COc1ccc(C=Cc2nc(C#N)c(N3CCCC4=C[C@@H]5C[C@H](CN6CCCC[C@H]56)[C@@H]43)o2)cc1OC. The second kappa shape index (κ2) is 9.67. The molecule has 0 saturated carbocycles. The van der Waals surface area contributed by atoms with Crippen molar-refractivity contribution in [3.63, 3.8) is 0 Å². The van der Waals surface area contributed by atoms with Gasteiger partial charge in [0, 0.05) is 25.2 Å². The highest BCUT2D eigenvalue weighted by Gasteiger charge is 2.47. The molecule has 2 aromatic rings. The van der Waals surface area contributed by atoms with Crippen LogP contribution in [0.5, 0.6) is 11.5 Å². The summed E-state index contributed by atoms with van der Waals surface area (Å²) in [6, 6.07) is 9.05. The molecule has 3 aliphatic heterocycles. The highest BCUT2D eigenvalue weighted by molar-refractivity contribution is 5.69. The minimum absolute atomic E-state index is 0.306. The van der Waals surface area contributed by atoms with E-state index in [1.807, 2.05) is 30.4 Å². The summed E-state index contributed by atoms with van der Waals surface area (Å²) in [5, 5.41) is 9.92. The Hall–Kier alpha value is -3.24. The average molecular weight is 487 g/mol. The third-order valence-electron chi connectivity index (χ3n) is 8.48. The van der Waals surface area contributed by atoms with Gasteiger partial charge < -0.3 is 18.8 Å². The molecule has 0 radical (unpaired) electrons. The number of nitriles is 1. The van der Waals surface area contributed by atoms with E-state index in [2.05, 4.69) is 26.9 Å². The smallest absolute Gasteiger partial charge is 0.235 e. The Morgan fingerprint density at radius 3 is 2.83 bits per heavy atom. The Labute approximate surface area is 213 Å². The fraction of sp³-hybridized carbons (Fsp3) is 0.517. The van der Waals surface area contributed by atoms with Gasteiger partial charge in [0.15, 0.2) is 11.5 Å². The van der Waals surface area contributed by atoms with Gasteiger partial charge in [0.2, 0.25) is 17.5 Å². The van der Waals surface area contributed by atoms with Crippen LogP contribution in [0.1, 0.15) is 55.7 Å². The Bertz CT molecular complexity index is 1230. The van der Waals surface area contributed by atoms with Crippen LogP contribution in [0.2, 0.25) is 0 Å². The molecule has 4 heterocycles. The lowest BCUT2D eigenvalue weighted by atomic mass is 9.68. The number of piperidine rings is 3. The van der Waals surface area contributed by atoms with E-state index in [1.165, 1.54) is 32.2 Å². The maximum Gasteiger partial charge on any atom is 0.235 e. The van der Waals surface area contributed by atoms with Gasteiger partial charge in [-0.2, -0.15) is 10.2 Å². The molecule has 0 spiro atoms. The van der Waals surface area contributed by atoms with Gasteiger partial charge in [0.1, 0.15) is 6.07 Å². The van der Waals surface area contributed by atoms with Crippen LogP contribution in [0.15, 0.2) is 34.3 Å². The standard InChI is InChI=1S/C29H34N4O3/c1-34-25-10-8-19(14-26(25)35-2)9-11-27-31-23(17-30)29(36-27)33-13-5-6-20-15-21-16-22(28(20)33)18-32-12-4-3-7-24(21)32/h8-11,14-15,21-22,24,28H,3-7,12-13,16,18H2,1-2H3/t21-,22-,24-,28-/m1/s1. The fourth-order valence-corrected chi connectivity index (χ4v) is 6.99. The summed E-state index contributed by atoms with van der Waals surface area (Å²) in [6.07, 6.45) is 13.8. The molecule has 3 saturated heterocycles. The number of ether oxygens (including phenoxy) is 2. The summed E-state index contributed by atoms with van der Waals surface area (Å²) in [5.41, 5.74) is 2.86. The van der Waals surface area contributed by atoms with Crippen LogP contribution in [0.25, 0.3) is 12.2 Å². The quantitative estimate of drug-likeness (QED) is 0.542. The van der Waals surface area contributed by atoms with E-state index in [4.69, 9.17) is 13.9 Å². The average Bonchev–Trinajstić information content (AvgIpc) is 3.34. The van der Waals surface area contributed by atoms with Gasteiger partial charge in [-0.15, -0.1) is 0 Å². The van der Waals surface area contributed by atoms with Crippen molar-refractivity contribution >= 4 is 18.0 Å². The van der Waals surface area contributed by atoms with Gasteiger partial charge in [-0.3, -0.25) is 4.90 Å². The van der Waals surface area contributed by atoms with E-state index in [1.54, 1.807) is 19.8 Å². The van der Waals surface area contributed by atoms with Gasteiger partial charge in [0.05, 0.1) is 20.3 Å². The summed E-state index contributed by atoms with van der Waals surface area (Å²) < 4.78 is 17.0. The largest absolute Gasteiger partial charge is 0.493 e. The van der Waals surface area contributed by atoms with Crippen molar-refractivity contribution in [2.24, 2.45) is 11.8 Å². The van der Waals surface area contributed by atoms with Crippen LogP contribution in [-0.4, -0.2) is 55.8 Å². The van der Waals surface area contributed by atoms with Gasteiger partial charge in [-0.1, -0.05) is 24.1 Å². The number of aromatic nitrogens is 1. The Morgan fingerprint density at radius 2 is 2.00 bits per heavy atom. The Kier molecular flexibility index (Phi) is 6.22. The normalized spacial score (nSPS) is 27.7. The maximum absolute atomic E-state index is 9.92. The first-order valence-electron chi connectivity index (χ1n) is 13.2. The number of benzene rings is 1. The lowest BCUT2D eigenvalue weighted by molar-refractivity contribution is 0.0305. The van der Waals surface area contributed by atoms with Gasteiger partial charge in [-0.05, 0) is 74.3 Å². The second-order valence-corrected chi connectivity index (χ2v) is 10.5. The lowest BCUT2D eigenvalue weighted by Gasteiger charge is -2.54. The molecule has 188 valence electrons. The maximum atomic E-state index is 9.92. The molecule has 4 atom stereocenters. The summed E-state index contributed by atoms with van der Waals surface area (Å²) in [4.78, 5) is 9.62. The third-order valence-corrected chi connectivity index (χ3v) is 8.48. The number of hydrogen-bond donors (Lipinski definition) is 0. The monoisotopic (exact) mass is 486 g/mol. The fourth-order valence-electron chi connectivity index (χ4n) is 6.99. The van der Waals surface area contributed by atoms with Crippen LogP contribution in [0.4, 0.5) is 5.88 Å². The molecule has 4 aliphatic rings. The first-order chi connectivity index (χ1) is 17.7. The van der Waals surface area contributed by atoms with Gasteiger partial charge in [0.25, 0.3) is 0 Å². The summed E-state index contributed by atoms with van der Waals surface area (Å²) in [5.74, 6) is 3.67. The van der Waals surface area contributed by atoms with Crippen molar-refractivity contribution in [1.82, 2.24) is 9.88 Å². The minimum atomic E-state index is 0.306. The molecule has 7 heteroatoms. The van der Waals surface area contributed by atoms with Crippen molar-refractivity contribution in [3.05, 3.63) is 47.0 Å². The zero-order valence-corrected chi connectivity index (χ0v) is 21.2. The molecule has 1 aliphatic carbocycles. The molecule has 0 amide bonds. The number of rotatable bonds is 5. The summed E-state index contributed by atoms with van der Waals surface area (Å²) in [6.45, 7) is 3.28. The molecule has 6 rings (SSSR count). The van der Waals surface area contributed by atoms with E-state index in [0.717, 1.165) is 37.5 Å². The number of fused-ring (bicyclic) bond motifs is 6. The molecule has 1 aromatic heterocycles. The number of hydrogen-bond acceptors (Lipinski definition) is 7. The molecule has 2 bridgehead atoms. The molecule has 0 unspecified atom stereocenters. The number of anilines is 1. The van der Waals surface area contributed by atoms with E-state index >= 15 is 0 Å². The number of oxazole rings is 1. The first kappa shape index (κ1) is 23.2. The molecule has 1 aromatic carbocycles. The van der Waals surface area contributed by atoms with E-state index < -0.39 is 0 Å². The molecular formula is C29H34N4O3. The molecule has 3 fully saturated rings. The summed E-state index contributed by atoms with van der Waals surface area (Å²) in [7, 11) is 3.24. The van der Waals surface area contributed by atoms with E-state index in [0.29, 0.717) is 46.8 Å². The lowest BCUT2D eigenvalue weighted by Crippen LogP contribution is -2.59. The zero-order valence-electron chi connectivity index (χ0n) is 21.2. The highest BCUT2D eigenvalue weighted by atomic mass is 16.5. The van der Waals surface area contributed by atoms with Crippen molar-refractivity contribution in [1.29, 1.82) is 5.26 Å². The van der Waals surface area contributed by atoms with Gasteiger partial charge in [-0.25, -0.2) is 0 Å². The van der Waals surface area contributed by atoms with Crippen molar-refractivity contribution < 1.29 is 13.9 Å². The molecule has 7 nitrogen and oxygen atoms in total. The molecular weight excluding hydrogens is 452 g/mol. The second-order valence-electron chi connectivity index (χ2n) is 10.5. The number of nitrogens with zero attached hydrogens (tertiary/aromatic N) is 4. The van der Waals surface area contributed by atoms with E-state index in [9.17, 15) is 5.26 Å². The van der Waals surface area contributed by atoms with E-state index in [-0.39, 0.29) is 0 Å². The first-order valence-corrected chi connectivity index (χ1v) is 13.2. The Balaban J connectivity index is 1.28. The van der Waals surface area contributed by atoms with Crippen molar-refractivity contribution in [2.45, 2.75) is 50.6 Å². The van der Waals surface area contributed by atoms with Crippen LogP contribution in [0.3, 0.4) is 0 Å². The molecule has 0 N–H and O–H groups in total. The number of methoxy groups -OCH3 is 2. The van der Waals surface area contributed by atoms with Crippen LogP contribution in [0, 0.1) is 23.2 Å².